The maximum absolute atomic E-state index is 13.1. The van der Waals surface area contributed by atoms with Crippen molar-refractivity contribution in [1.29, 1.82) is 0 Å². The van der Waals surface area contributed by atoms with Crippen LogP contribution in [0.2, 0.25) is 0 Å². The molecule has 7 heteroatoms. The van der Waals surface area contributed by atoms with Crippen molar-refractivity contribution in [3.8, 4) is 11.3 Å². The van der Waals surface area contributed by atoms with Gasteiger partial charge in [0.2, 0.25) is 5.91 Å². The predicted octanol–water partition coefficient (Wildman–Crippen LogP) is 5.22. The highest BCUT2D eigenvalue weighted by molar-refractivity contribution is 5.96. The van der Waals surface area contributed by atoms with Crippen LogP contribution in [0, 0.1) is 0 Å². The molecule has 1 amide bonds. The van der Waals surface area contributed by atoms with E-state index >= 15 is 0 Å². The van der Waals surface area contributed by atoms with Crippen molar-refractivity contribution < 1.29 is 18.0 Å². The zero-order chi connectivity index (χ0) is 20.4. The zero-order valence-electron chi connectivity index (χ0n) is 15.4. The first-order valence-electron chi connectivity index (χ1n) is 9.30. The summed E-state index contributed by atoms with van der Waals surface area (Å²) in [6.45, 7) is 0. The summed E-state index contributed by atoms with van der Waals surface area (Å²) in [6, 6.07) is 12.1. The van der Waals surface area contributed by atoms with E-state index in [-0.39, 0.29) is 5.91 Å². The van der Waals surface area contributed by atoms with Crippen LogP contribution in [-0.4, -0.2) is 15.9 Å². The van der Waals surface area contributed by atoms with Crippen molar-refractivity contribution in [2.24, 2.45) is 0 Å². The van der Waals surface area contributed by atoms with Crippen LogP contribution < -0.4 is 5.32 Å². The molecule has 4 rings (SSSR count). The Morgan fingerprint density at radius 3 is 2.62 bits per heavy atom. The van der Waals surface area contributed by atoms with E-state index in [9.17, 15) is 18.0 Å². The molecular formula is C22H18F3N3O. The number of hydrogen-bond donors (Lipinski definition) is 1. The number of anilines is 1. The van der Waals surface area contributed by atoms with Gasteiger partial charge in [0.05, 0.1) is 22.9 Å². The van der Waals surface area contributed by atoms with Gasteiger partial charge in [-0.1, -0.05) is 18.2 Å². The van der Waals surface area contributed by atoms with E-state index < -0.39 is 17.7 Å². The summed E-state index contributed by atoms with van der Waals surface area (Å²) in [7, 11) is 0. The molecule has 4 nitrogen and oxygen atoms in total. The van der Waals surface area contributed by atoms with Gasteiger partial charge < -0.3 is 5.32 Å². The summed E-state index contributed by atoms with van der Waals surface area (Å²) < 4.78 is 39.2. The topological polar surface area (TPSA) is 54.9 Å². The number of halogens is 3. The van der Waals surface area contributed by atoms with Gasteiger partial charge in [-0.2, -0.15) is 13.2 Å². The summed E-state index contributed by atoms with van der Waals surface area (Å²) in [5.41, 5.74) is 2.33. The highest BCUT2D eigenvalue weighted by Crippen LogP contribution is 2.35. The van der Waals surface area contributed by atoms with Crippen molar-refractivity contribution in [1.82, 2.24) is 9.97 Å². The average Bonchev–Trinajstić information content (AvgIpc) is 2.73. The molecule has 2 aromatic heterocycles. The molecule has 2 heterocycles. The Balaban J connectivity index is 1.66. The lowest BCUT2D eigenvalue weighted by molar-refractivity contribution is -0.137. The monoisotopic (exact) mass is 397 g/mol. The molecule has 0 aliphatic heterocycles. The van der Waals surface area contributed by atoms with Crippen molar-refractivity contribution >= 4 is 11.6 Å². The number of hydrogen-bond acceptors (Lipinski definition) is 3. The fourth-order valence-corrected chi connectivity index (χ4v) is 3.59. The van der Waals surface area contributed by atoms with E-state index in [2.05, 4.69) is 15.3 Å². The summed E-state index contributed by atoms with van der Waals surface area (Å²) in [5, 5.41) is 2.87. The smallest absolute Gasteiger partial charge is 0.325 e. The van der Waals surface area contributed by atoms with Gasteiger partial charge in [-0.05, 0) is 55.2 Å². The molecule has 0 spiro atoms. The van der Waals surface area contributed by atoms with E-state index in [1.54, 1.807) is 36.7 Å². The summed E-state index contributed by atoms with van der Waals surface area (Å²) in [4.78, 5) is 21.4. The molecular weight excluding hydrogens is 379 g/mol. The zero-order valence-corrected chi connectivity index (χ0v) is 15.4. The van der Waals surface area contributed by atoms with Gasteiger partial charge in [-0.25, -0.2) is 0 Å². The molecule has 29 heavy (non-hydrogen) atoms. The Bertz CT molecular complexity index is 1030. The Hall–Kier alpha value is -3.22. The molecule has 148 valence electrons. The lowest BCUT2D eigenvalue weighted by atomic mass is 9.85. The molecule has 1 N–H and O–H groups in total. The third-order valence-corrected chi connectivity index (χ3v) is 5.03. The van der Waals surface area contributed by atoms with E-state index in [1.165, 1.54) is 6.07 Å². The number of carbonyl (C=O) groups is 1. The number of aryl methyl sites for hydroxylation is 1. The van der Waals surface area contributed by atoms with Crippen LogP contribution in [0.1, 0.15) is 35.6 Å². The van der Waals surface area contributed by atoms with Crippen molar-refractivity contribution in [2.45, 2.75) is 31.4 Å². The molecule has 1 aromatic carbocycles. The van der Waals surface area contributed by atoms with E-state index in [0.29, 0.717) is 29.1 Å². The highest BCUT2D eigenvalue weighted by atomic mass is 19.4. The van der Waals surface area contributed by atoms with Gasteiger partial charge in [0.1, 0.15) is 0 Å². The molecule has 1 aliphatic rings. The third kappa shape index (κ3) is 4.13. The van der Waals surface area contributed by atoms with Gasteiger partial charge in [0.15, 0.2) is 0 Å². The van der Waals surface area contributed by atoms with Crippen LogP contribution in [-0.2, 0) is 17.4 Å². The van der Waals surface area contributed by atoms with Crippen LogP contribution in [0.3, 0.4) is 0 Å². The van der Waals surface area contributed by atoms with Crippen LogP contribution in [0.15, 0.2) is 60.9 Å². The lowest BCUT2D eigenvalue weighted by Crippen LogP contribution is -2.26. The summed E-state index contributed by atoms with van der Waals surface area (Å²) >= 11 is 0. The van der Waals surface area contributed by atoms with Crippen molar-refractivity contribution in [3.63, 3.8) is 0 Å². The minimum absolute atomic E-state index is 0.175. The number of fused-ring (bicyclic) bond motifs is 1. The van der Waals surface area contributed by atoms with E-state index in [4.69, 9.17) is 0 Å². The lowest BCUT2D eigenvalue weighted by Gasteiger charge is -2.24. The first-order chi connectivity index (χ1) is 13.9. The molecule has 1 aliphatic carbocycles. The van der Waals surface area contributed by atoms with Gasteiger partial charge in [-0.3, -0.25) is 14.8 Å². The maximum Gasteiger partial charge on any atom is 0.416 e. The van der Waals surface area contributed by atoms with Crippen LogP contribution in [0.5, 0.6) is 0 Å². The van der Waals surface area contributed by atoms with Gasteiger partial charge >= 0.3 is 6.18 Å². The van der Waals surface area contributed by atoms with E-state index in [1.807, 2.05) is 6.07 Å². The molecule has 0 saturated carbocycles. The Morgan fingerprint density at radius 1 is 1.07 bits per heavy atom. The second-order valence-electron chi connectivity index (χ2n) is 6.99. The largest absolute Gasteiger partial charge is 0.416 e. The molecule has 1 atom stereocenters. The normalized spacial score (nSPS) is 16.2. The average molecular weight is 397 g/mol. The Kier molecular flexibility index (Phi) is 5.05. The van der Waals surface area contributed by atoms with Crippen LogP contribution >= 0.6 is 0 Å². The fraction of sp³-hybridized carbons (Fsp3) is 0.227. The molecule has 1 unspecified atom stereocenters. The molecule has 0 radical (unpaired) electrons. The minimum Gasteiger partial charge on any atom is -0.325 e. The number of aromatic nitrogens is 2. The molecule has 0 saturated heterocycles. The number of amides is 1. The van der Waals surface area contributed by atoms with Crippen LogP contribution in [0.4, 0.5) is 18.9 Å². The minimum atomic E-state index is -4.42. The van der Waals surface area contributed by atoms with Gasteiger partial charge in [-0.15, -0.1) is 0 Å². The van der Waals surface area contributed by atoms with Crippen molar-refractivity contribution in [2.75, 3.05) is 5.32 Å². The number of carbonyl (C=O) groups excluding carboxylic acids is 1. The molecule has 0 fully saturated rings. The maximum atomic E-state index is 13.1. The molecule has 3 aromatic rings. The fourth-order valence-electron chi connectivity index (χ4n) is 3.59. The van der Waals surface area contributed by atoms with E-state index in [0.717, 1.165) is 30.5 Å². The second kappa shape index (κ2) is 7.66. The quantitative estimate of drug-likeness (QED) is 0.659. The SMILES string of the molecule is O=C(Nc1ccncc1)C1CCCc2ccc(-c3cccc(C(F)(F)F)c3)nc21. The van der Waals surface area contributed by atoms with Gasteiger partial charge in [0.25, 0.3) is 0 Å². The number of benzene rings is 1. The number of rotatable bonds is 3. The first kappa shape index (κ1) is 19.1. The molecule has 0 bridgehead atoms. The number of nitrogens with zero attached hydrogens (tertiary/aromatic N) is 2. The standard InChI is InChI=1S/C22H18F3N3O/c23-22(24,25)16-5-1-4-15(13-16)19-8-7-14-3-2-6-18(20(14)28-19)21(29)27-17-9-11-26-12-10-17/h1,4-5,7-13,18H,2-3,6H2,(H,26,27,29). The number of nitrogens with one attached hydrogen (secondary N) is 1. The number of pyridine rings is 2. The summed E-state index contributed by atoms with van der Waals surface area (Å²) in [6.07, 6.45) is 1.05. The summed E-state index contributed by atoms with van der Waals surface area (Å²) in [5.74, 6) is -0.622. The van der Waals surface area contributed by atoms with Crippen molar-refractivity contribution in [3.05, 3.63) is 77.7 Å². The van der Waals surface area contributed by atoms with Crippen LogP contribution in [0.25, 0.3) is 11.3 Å². The Morgan fingerprint density at radius 2 is 1.86 bits per heavy atom. The second-order valence-corrected chi connectivity index (χ2v) is 6.99. The predicted molar refractivity (Wildman–Crippen MR) is 103 cm³/mol. The Labute approximate surface area is 165 Å². The number of alkyl halides is 3. The highest BCUT2D eigenvalue weighted by Gasteiger charge is 2.31. The third-order valence-electron chi connectivity index (χ3n) is 5.03. The van der Waals surface area contributed by atoms with Gasteiger partial charge in [0, 0.05) is 23.6 Å². The first-order valence-corrected chi connectivity index (χ1v) is 9.30.